The maximum atomic E-state index is 6.13. The number of benzene rings is 2. The van der Waals surface area contributed by atoms with E-state index in [4.69, 9.17) is 9.47 Å². The Balaban J connectivity index is 2.03. The Labute approximate surface area is 112 Å². The van der Waals surface area contributed by atoms with Crippen LogP contribution in [0.5, 0.6) is 0 Å². The van der Waals surface area contributed by atoms with Gasteiger partial charge in [-0.25, -0.2) is 0 Å². The fourth-order valence-corrected chi connectivity index (χ4v) is 2.97. The Bertz CT molecular complexity index is 651. The van der Waals surface area contributed by atoms with Crippen molar-refractivity contribution in [1.29, 1.82) is 0 Å². The third-order valence-corrected chi connectivity index (χ3v) is 3.94. The maximum Gasteiger partial charge on any atom is 0.306 e. The van der Waals surface area contributed by atoms with E-state index < -0.39 is 5.79 Å². The molecule has 0 saturated carbocycles. The van der Waals surface area contributed by atoms with Gasteiger partial charge in [-0.15, -0.1) is 0 Å². The smallest absolute Gasteiger partial charge is 0.306 e. The quantitative estimate of drug-likeness (QED) is 0.698. The van der Waals surface area contributed by atoms with Gasteiger partial charge in [0.15, 0.2) is 0 Å². The van der Waals surface area contributed by atoms with E-state index in [-0.39, 0.29) is 0 Å². The molecule has 0 radical (unpaired) electrons. The summed E-state index contributed by atoms with van der Waals surface area (Å²) in [6.07, 6.45) is 0. The van der Waals surface area contributed by atoms with Crippen LogP contribution in [0.1, 0.15) is 25.0 Å². The topological polar surface area (TPSA) is 18.5 Å². The minimum absolute atomic E-state index is 0.776. The van der Waals surface area contributed by atoms with Crippen molar-refractivity contribution < 1.29 is 9.47 Å². The van der Waals surface area contributed by atoms with Crippen LogP contribution in [-0.2, 0) is 15.3 Å². The first-order valence-electron chi connectivity index (χ1n) is 6.47. The molecule has 0 fully saturated rings. The standard InChI is InChI=1S/C17H14O2/c1-11-12(2)19-17(18-11)15-9-5-3-7-13(15)14-8-4-6-10-16(14)17/h3-10H,1-2H3. The number of fused-ring (bicyclic) bond motifs is 5. The van der Waals surface area contributed by atoms with E-state index in [9.17, 15) is 0 Å². The predicted octanol–water partition coefficient (Wildman–Crippen LogP) is 4.17. The second kappa shape index (κ2) is 3.41. The normalized spacial score (nSPS) is 18.0. The molecular weight excluding hydrogens is 236 g/mol. The first-order chi connectivity index (χ1) is 9.22. The van der Waals surface area contributed by atoms with Gasteiger partial charge in [0, 0.05) is 11.1 Å². The van der Waals surface area contributed by atoms with Gasteiger partial charge in [0.25, 0.3) is 0 Å². The Hall–Kier alpha value is -2.22. The van der Waals surface area contributed by atoms with Gasteiger partial charge in [-0.3, -0.25) is 0 Å². The zero-order chi connectivity index (χ0) is 13.0. The molecule has 1 aliphatic carbocycles. The molecule has 2 heteroatoms. The minimum atomic E-state index is -0.776. The monoisotopic (exact) mass is 250 g/mol. The predicted molar refractivity (Wildman–Crippen MR) is 73.2 cm³/mol. The summed E-state index contributed by atoms with van der Waals surface area (Å²) in [6, 6.07) is 16.6. The van der Waals surface area contributed by atoms with E-state index in [1.807, 2.05) is 26.0 Å². The van der Waals surface area contributed by atoms with Crippen molar-refractivity contribution in [2.45, 2.75) is 19.6 Å². The minimum Gasteiger partial charge on any atom is -0.445 e. The number of hydrogen-bond acceptors (Lipinski definition) is 2. The van der Waals surface area contributed by atoms with Crippen LogP contribution in [0.25, 0.3) is 11.1 Å². The lowest BCUT2D eigenvalue weighted by atomic mass is 10.0. The first-order valence-corrected chi connectivity index (χ1v) is 6.47. The lowest BCUT2D eigenvalue weighted by molar-refractivity contribution is -0.122. The largest absolute Gasteiger partial charge is 0.445 e. The van der Waals surface area contributed by atoms with Gasteiger partial charge >= 0.3 is 5.79 Å². The van der Waals surface area contributed by atoms with Crippen LogP contribution in [0.4, 0.5) is 0 Å². The molecule has 2 nitrogen and oxygen atoms in total. The Morgan fingerprint density at radius 3 is 1.58 bits per heavy atom. The number of allylic oxidation sites excluding steroid dienone is 2. The van der Waals surface area contributed by atoms with Crippen LogP contribution in [0.3, 0.4) is 0 Å². The first kappa shape index (κ1) is 10.7. The zero-order valence-corrected chi connectivity index (χ0v) is 10.9. The average Bonchev–Trinajstić information content (AvgIpc) is 2.89. The Kier molecular flexibility index (Phi) is 1.92. The van der Waals surface area contributed by atoms with Gasteiger partial charge in [0.1, 0.15) is 11.5 Å². The summed E-state index contributed by atoms with van der Waals surface area (Å²) in [5, 5.41) is 0. The van der Waals surface area contributed by atoms with Crippen molar-refractivity contribution in [3.63, 3.8) is 0 Å². The molecule has 1 heterocycles. The highest BCUT2D eigenvalue weighted by atomic mass is 16.7. The van der Waals surface area contributed by atoms with E-state index in [0.717, 1.165) is 22.6 Å². The summed E-state index contributed by atoms with van der Waals surface area (Å²) < 4.78 is 12.3. The molecule has 1 aliphatic heterocycles. The fourth-order valence-electron chi connectivity index (χ4n) is 2.97. The van der Waals surface area contributed by atoms with Gasteiger partial charge in [0.05, 0.1) is 0 Å². The Morgan fingerprint density at radius 1 is 0.684 bits per heavy atom. The zero-order valence-electron chi connectivity index (χ0n) is 10.9. The lowest BCUT2D eigenvalue weighted by Crippen LogP contribution is -2.26. The lowest BCUT2D eigenvalue weighted by Gasteiger charge is -2.26. The van der Waals surface area contributed by atoms with Crippen molar-refractivity contribution in [3.8, 4) is 11.1 Å². The third kappa shape index (κ3) is 1.21. The summed E-state index contributed by atoms with van der Waals surface area (Å²) in [4.78, 5) is 0. The third-order valence-electron chi connectivity index (χ3n) is 3.94. The molecule has 19 heavy (non-hydrogen) atoms. The fraction of sp³-hybridized carbons (Fsp3) is 0.176. The second-order valence-corrected chi connectivity index (χ2v) is 5.02. The molecule has 2 aromatic rings. The van der Waals surface area contributed by atoms with E-state index >= 15 is 0 Å². The molecule has 94 valence electrons. The highest BCUT2D eigenvalue weighted by Crippen LogP contribution is 2.54. The summed E-state index contributed by atoms with van der Waals surface area (Å²) in [5.74, 6) is 0.930. The molecule has 0 amide bonds. The molecule has 0 bridgehead atoms. The molecule has 4 rings (SSSR count). The van der Waals surface area contributed by atoms with E-state index in [0.29, 0.717) is 0 Å². The number of hydrogen-bond donors (Lipinski definition) is 0. The number of ether oxygens (including phenoxy) is 2. The Morgan fingerprint density at radius 2 is 1.11 bits per heavy atom. The molecule has 2 aliphatic rings. The van der Waals surface area contributed by atoms with Gasteiger partial charge in [0.2, 0.25) is 0 Å². The van der Waals surface area contributed by atoms with Crippen molar-refractivity contribution >= 4 is 0 Å². The molecule has 1 spiro atoms. The molecule has 0 unspecified atom stereocenters. The van der Waals surface area contributed by atoms with Crippen molar-refractivity contribution in [2.75, 3.05) is 0 Å². The van der Waals surface area contributed by atoms with Crippen LogP contribution in [-0.4, -0.2) is 0 Å². The van der Waals surface area contributed by atoms with Crippen LogP contribution in [0.15, 0.2) is 60.0 Å². The van der Waals surface area contributed by atoms with Crippen LogP contribution in [0.2, 0.25) is 0 Å². The average molecular weight is 250 g/mol. The SMILES string of the molecule is CC1=C(C)OC2(O1)c1ccccc1-c1ccccc12. The maximum absolute atomic E-state index is 6.13. The van der Waals surface area contributed by atoms with Crippen molar-refractivity contribution in [1.82, 2.24) is 0 Å². The molecule has 0 N–H and O–H groups in total. The van der Waals surface area contributed by atoms with Crippen molar-refractivity contribution in [3.05, 3.63) is 71.2 Å². The molecular formula is C17H14O2. The van der Waals surface area contributed by atoms with E-state index in [1.165, 1.54) is 11.1 Å². The second-order valence-electron chi connectivity index (χ2n) is 5.02. The van der Waals surface area contributed by atoms with Gasteiger partial charge in [-0.1, -0.05) is 48.5 Å². The van der Waals surface area contributed by atoms with Gasteiger partial charge < -0.3 is 9.47 Å². The molecule has 2 aromatic carbocycles. The summed E-state index contributed by atoms with van der Waals surface area (Å²) in [5.41, 5.74) is 4.57. The molecule has 0 saturated heterocycles. The summed E-state index contributed by atoms with van der Waals surface area (Å²) >= 11 is 0. The highest BCUT2D eigenvalue weighted by Gasteiger charge is 2.51. The number of rotatable bonds is 0. The van der Waals surface area contributed by atoms with Gasteiger partial charge in [-0.05, 0) is 25.0 Å². The van der Waals surface area contributed by atoms with Crippen LogP contribution < -0.4 is 0 Å². The highest BCUT2D eigenvalue weighted by molar-refractivity contribution is 5.79. The summed E-state index contributed by atoms with van der Waals surface area (Å²) in [6.45, 7) is 3.90. The van der Waals surface area contributed by atoms with Crippen LogP contribution >= 0.6 is 0 Å². The van der Waals surface area contributed by atoms with Crippen LogP contribution in [0, 0.1) is 0 Å². The molecule has 0 atom stereocenters. The van der Waals surface area contributed by atoms with Gasteiger partial charge in [-0.2, -0.15) is 0 Å². The summed E-state index contributed by atoms with van der Waals surface area (Å²) in [7, 11) is 0. The van der Waals surface area contributed by atoms with E-state index in [2.05, 4.69) is 36.4 Å². The molecule has 0 aromatic heterocycles. The van der Waals surface area contributed by atoms with E-state index in [1.54, 1.807) is 0 Å². The van der Waals surface area contributed by atoms with Crippen molar-refractivity contribution in [2.24, 2.45) is 0 Å².